The third kappa shape index (κ3) is 1.53. The van der Waals surface area contributed by atoms with Crippen LogP contribution in [0.2, 0.25) is 0 Å². The SMILES string of the molecule is C[I-]c1nc(C2CC2)cnc1N. The molecular weight excluding hydrogens is 265 g/mol. The van der Waals surface area contributed by atoms with E-state index in [0.717, 1.165) is 9.39 Å². The van der Waals surface area contributed by atoms with Gasteiger partial charge >= 0.3 is 82.0 Å². The number of alkyl halides is 1. The van der Waals surface area contributed by atoms with Crippen LogP contribution in [0.4, 0.5) is 5.82 Å². The summed E-state index contributed by atoms with van der Waals surface area (Å²) in [5.41, 5.74) is 6.83. The van der Waals surface area contributed by atoms with E-state index >= 15 is 0 Å². The molecule has 0 unspecified atom stereocenters. The molecule has 0 aromatic carbocycles. The molecule has 0 amide bonds. The van der Waals surface area contributed by atoms with E-state index in [9.17, 15) is 0 Å². The zero-order valence-corrected chi connectivity index (χ0v) is 9.08. The van der Waals surface area contributed by atoms with Crippen LogP contribution in [0.15, 0.2) is 6.20 Å². The Morgan fingerprint density at radius 3 is 2.92 bits per heavy atom. The molecule has 0 saturated heterocycles. The molecule has 1 aromatic rings. The molecule has 0 aliphatic heterocycles. The molecular formula is C8H11IN3-. The Kier molecular flexibility index (Phi) is 2.16. The Morgan fingerprint density at radius 2 is 2.33 bits per heavy atom. The summed E-state index contributed by atoms with van der Waals surface area (Å²) in [6, 6.07) is 0. The van der Waals surface area contributed by atoms with Crippen molar-refractivity contribution in [3.63, 3.8) is 0 Å². The zero-order valence-electron chi connectivity index (χ0n) is 6.92. The van der Waals surface area contributed by atoms with Gasteiger partial charge in [0.15, 0.2) is 0 Å². The Bertz CT molecular complexity index is 296. The van der Waals surface area contributed by atoms with Crippen LogP contribution in [0.25, 0.3) is 0 Å². The summed E-state index contributed by atoms with van der Waals surface area (Å²) < 4.78 is 1.05. The van der Waals surface area contributed by atoms with Crippen molar-refractivity contribution in [1.29, 1.82) is 0 Å². The van der Waals surface area contributed by atoms with Crippen LogP contribution in [-0.4, -0.2) is 14.9 Å². The second kappa shape index (κ2) is 3.16. The third-order valence-electron chi connectivity index (χ3n) is 1.95. The van der Waals surface area contributed by atoms with Crippen molar-refractivity contribution in [2.75, 3.05) is 10.7 Å². The molecule has 2 rings (SSSR count). The molecule has 66 valence electrons. The summed E-state index contributed by atoms with van der Waals surface area (Å²) in [6.45, 7) is 0. The summed E-state index contributed by atoms with van der Waals surface area (Å²) in [6.07, 6.45) is 4.38. The average Bonchev–Trinajstić information content (AvgIpc) is 2.88. The minimum atomic E-state index is -0.0255. The molecule has 12 heavy (non-hydrogen) atoms. The molecule has 1 fully saturated rings. The van der Waals surface area contributed by atoms with E-state index in [1.165, 1.54) is 12.8 Å². The fourth-order valence-corrected chi connectivity index (χ4v) is 2.31. The number of rotatable bonds is 2. The van der Waals surface area contributed by atoms with Gasteiger partial charge in [-0.2, -0.15) is 0 Å². The molecule has 1 saturated carbocycles. The molecule has 0 bridgehead atoms. The Morgan fingerprint density at radius 1 is 1.58 bits per heavy atom. The second-order valence-corrected chi connectivity index (χ2v) is 5.03. The topological polar surface area (TPSA) is 51.8 Å². The Labute approximate surface area is 82.1 Å². The normalized spacial score (nSPS) is 16.8. The van der Waals surface area contributed by atoms with Gasteiger partial charge in [0, 0.05) is 0 Å². The molecule has 4 heteroatoms. The van der Waals surface area contributed by atoms with Gasteiger partial charge in [0.25, 0.3) is 0 Å². The second-order valence-electron chi connectivity index (χ2n) is 2.93. The fourth-order valence-electron chi connectivity index (χ4n) is 1.10. The molecule has 0 spiro atoms. The third-order valence-corrected chi connectivity index (χ3v) is 3.76. The van der Waals surface area contributed by atoms with Crippen molar-refractivity contribution in [2.45, 2.75) is 18.8 Å². The summed E-state index contributed by atoms with van der Waals surface area (Å²) in [4.78, 5) is 10.8. The van der Waals surface area contributed by atoms with E-state index in [1.807, 2.05) is 6.20 Å². The van der Waals surface area contributed by atoms with Gasteiger partial charge in [0.1, 0.15) is 0 Å². The summed E-state index contributed by atoms with van der Waals surface area (Å²) >= 11 is -0.0255. The standard InChI is InChI=1S/C8H11IN3/c1-9-7-8(10)11-4-6(12-7)5-2-3-5/h4-5H,2-3H2,1H3,(H2,10,11)/q-1. The van der Waals surface area contributed by atoms with Gasteiger partial charge in [0.2, 0.25) is 0 Å². The van der Waals surface area contributed by atoms with E-state index in [0.29, 0.717) is 11.7 Å². The number of halogens is 1. The summed E-state index contributed by atoms with van der Waals surface area (Å²) in [5, 5.41) is 0. The molecule has 2 N–H and O–H groups in total. The zero-order chi connectivity index (χ0) is 8.55. The monoisotopic (exact) mass is 276 g/mol. The van der Waals surface area contributed by atoms with Gasteiger partial charge in [-0.05, 0) is 0 Å². The van der Waals surface area contributed by atoms with Crippen molar-refractivity contribution in [1.82, 2.24) is 9.97 Å². The molecule has 1 aliphatic rings. The van der Waals surface area contributed by atoms with Gasteiger partial charge in [-0.15, -0.1) is 0 Å². The predicted molar refractivity (Wildman–Crippen MR) is 43.0 cm³/mol. The van der Waals surface area contributed by atoms with Crippen molar-refractivity contribution >= 4 is 5.82 Å². The van der Waals surface area contributed by atoms with Crippen molar-refractivity contribution in [3.8, 4) is 0 Å². The summed E-state index contributed by atoms with van der Waals surface area (Å²) in [5.74, 6) is 1.32. The van der Waals surface area contributed by atoms with E-state index in [2.05, 4.69) is 14.9 Å². The van der Waals surface area contributed by atoms with E-state index < -0.39 is 0 Å². The molecule has 3 nitrogen and oxygen atoms in total. The Hall–Kier alpha value is -0.390. The molecule has 1 aliphatic carbocycles. The number of anilines is 1. The van der Waals surface area contributed by atoms with Crippen LogP contribution in [0.3, 0.4) is 0 Å². The van der Waals surface area contributed by atoms with Gasteiger partial charge in [-0.3, -0.25) is 0 Å². The summed E-state index contributed by atoms with van der Waals surface area (Å²) in [7, 11) is 0. The molecule has 0 radical (unpaired) electrons. The number of nitrogens with two attached hydrogens (primary N) is 1. The quantitative estimate of drug-likeness (QED) is 0.494. The van der Waals surface area contributed by atoms with Gasteiger partial charge < -0.3 is 0 Å². The van der Waals surface area contributed by atoms with E-state index in [-0.39, 0.29) is 21.2 Å². The van der Waals surface area contributed by atoms with Gasteiger partial charge in [-0.1, -0.05) is 0 Å². The first kappa shape index (κ1) is 8.22. The van der Waals surface area contributed by atoms with Gasteiger partial charge in [-0.25, -0.2) is 0 Å². The van der Waals surface area contributed by atoms with Crippen LogP contribution >= 0.6 is 0 Å². The number of nitrogens with zero attached hydrogens (tertiary/aromatic N) is 2. The Balaban J connectivity index is 2.33. The average molecular weight is 276 g/mol. The maximum absolute atomic E-state index is 5.67. The van der Waals surface area contributed by atoms with E-state index in [1.54, 1.807) is 0 Å². The maximum atomic E-state index is 5.67. The first-order chi connectivity index (χ1) is 5.81. The molecule has 1 aromatic heterocycles. The minimum absolute atomic E-state index is 0.0255. The van der Waals surface area contributed by atoms with Crippen LogP contribution in [0, 0.1) is 3.70 Å². The fraction of sp³-hybridized carbons (Fsp3) is 0.500. The van der Waals surface area contributed by atoms with Crippen LogP contribution in [0.5, 0.6) is 0 Å². The number of nitrogen functional groups attached to an aromatic ring is 1. The van der Waals surface area contributed by atoms with Crippen LogP contribution in [0.1, 0.15) is 24.5 Å². The number of aromatic nitrogens is 2. The number of hydrogen-bond acceptors (Lipinski definition) is 3. The van der Waals surface area contributed by atoms with Crippen LogP contribution < -0.4 is 26.9 Å². The first-order valence-electron chi connectivity index (χ1n) is 3.93. The van der Waals surface area contributed by atoms with Crippen molar-refractivity contribution < 1.29 is 21.2 Å². The van der Waals surface area contributed by atoms with Gasteiger partial charge in [0.05, 0.1) is 0 Å². The van der Waals surface area contributed by atoms with Crippen LogP contribution in [-0.2, 0) is 0 Å². The van der Waals surface area contributed by atoms with E-state index in [4.69, 9.17) is 5.73 Å². The number of hydrogen-bond donors (Lipinski definition) is 1. The molecule has 0 atom stereocenters. The molecule has 1 heterocycles. The predicted octanol–water partition coefficient (Wildman–Crippen LogP) is -2.18. The van der Waals surface area contributed by atoms with Crippen molar-refractivity contribution in [2.24, 2.45) is 0 Å². The van der Waals surface area contributed by atoms with Crippen molar-refractivity contribution in [3.05, 3.63) is 15.6 Å². The first-order valence-corrected chi connectivity index (χ1v) is 7.16.